The van der Waals surface area contributed by atoms with Crippen LogP contribution in [0.4, 0.5) is 5.82 Å². The van der Waals surface area contributed by atoms with Crippen LogP contribution in [0.5, 0.6) is 0 Å². The lowest BCUT2D eigenvalue weighted by Crippen LogP contribution is -2.00. The van der Waals surface area contributed by atoms with E-state index in [4.69, 9.17) is 0 Å². The molecule has 3 rings (SSSR count). The standard InChI is InChI=1S/C16H19N3/c1-3-14-10-15(17-2)19-16(18-14)13-6-4-5-12(9-13)11-7-8-11/h4-6,9-11H,3,7-8H2,1-2H3,(H,17,18,19). The van der Waals surface area contributed by atoms with Gasteiger partial charge in [-0.15, -0.1) is 0 Å². The molecule has 0 spiro atoms. The van der Waals surface area contributed by atoms with Gasteiger partial charge in [-0.05, 0) is 36.8 Å². The van der Waals surface area contributed by atoms with Gasteiger partial charge in [0.15, 0.2) is 5.82 Å². The van der Waals surface area contributed by atoms with Crippen LogP contribution in [-0.2, 0) is 6.42 Å². The van der Waals surface area contributed by atoms with Crippen LogP contribution in [0.3, 0.4) is 0 Å². The van der Waals surface area contributed by atoms with E-state index in [0.29, 0.717) is 0 Å². The van der Waals surface area contributed by atoms with Crippen molar-refractivity contribution in [1.82, 2.24) is 9.97 Å². The van der Waals surface area contributed by atoms with Crippen LogP contribution >= 0.6 is 0 Å². The van der Waals surface area contributed by atoms with Crippen molar-refractivity contribution in [2.75, 3.05) is 12.4 Å². The lowest BCUT2D eigenvalue weighted by Gasteiger charge is -2.08. The number of hydrogen-bond acceptors (Lipinski definition) is 3. The van der Waals surface area contributed by atoms with Crippen LogP contribution in [-0.4, -0.2) is 17.0 Å². The second-order valence-electron chi connectivity index (χ2n) is 5.07. The smallest absolute Gasteiger partial charge is 0.161 e. The molecule has 0 amide bonds. The normalized spacial score (nSPS) is 14.4. The Balaban J connectivity index is 2.02. The molecule has 1 fully saturated rings. The van der Waals surface area contributed by atoms with Crippen molar-refractivity contribution in [2.24, 2.45) is 0 Å². The summed E-state index contributed by atoms with van der Waals surface area (Å²) in [6, 6.07) is 10.7. The molecule has 3 nitrogen and oxygen atoms in total. The fourth-order valence-corrected chi connectivity index (χ4v) is 2.28. The van der Waals surface area contributed by atoms with Crippen LogP contribution in [0, 0.1) is 0 Å². The topological polar surface area (TPSA) is 37.8 Å². The summed E-state index contributed by atoms with van der Waals surface area (Å²) in [4.78, 5) is 9.21. The van der Waals surface area contributed by atoms with Gasteiger partial charge in [0.05, 0.1) is 0 Å². The lowest BCUT2D eigenvalue weighted by molar-refractivity contribution is 1.00. The van der Waals surface area contributed by atoms with Gasteiger partial charge in [0.2, 0.25) is 0 Å². The molecule has 0 radical (unpaired) electrons. The summed E-state index contributed by atoms with van der Waals surface area (Å²) in [6.07, 6.45) is 3.56. The Morgan fingerprint density at radius 3 is 2.74 bits per heavy atom. The van der Waals surface area contributed by atoms with Gasteiger partial charge in [-0.1, -0.05) is 25.1 Å². The van der Waals surface area contributed by atoms with E-state index in [1.165, 1.54) is 18.4 Å². The maximum atomic E-state index is 4.64. The molecule has 1 heterocycles. The first-order valence-electron chi connectivity index (χ1n) is 6.96. The van der Waals surface area contributed by atoms with Crippen LogP contribution in [0.25, 0.3) is 11.4 Å². The first kappa shape index (κ1) is 12.2. The minimum atomic E-state index is 0.762. The highest BCUT2D eigenvalue weighted by Gasteiger charge is 2.23. The molecule has 0 atom stereocenters. The quantitative estimate of drug-likeness (QED) is 0.904. The zero-order valence-corrected chi connectivity index (χ0v) is 11.5. The highest BCUT2D eigenvalue weighted by molar-refractivity contribution is 5.59. The van der Waals surface area contributed by atoms with Gasteiger partial charge in [-0.3, -0.25) is 0 Å². The number of anilines is 1. The second kappa shape index (κ2) is 5.00. The number of aryl methyl sites for hydroxylation is 1. The van der Waals surface area contributed by atoms with E-state index < -0.39 is 0 Å². The molecule has 0 unspecified atom stereocenters. The van der Waals surface area contributed by atoms with E-state index in [-0.39, 0.29) is 0 Å². The molecule has 1 saturated carbocycles. The van der Waals surface area contributed by atoms with E-state index in [1.54, 1.807) is 0 Å². The summed E-state index contributed by atoms with van der Waals surface area (Å²) < 4.78 is 0. The summed E-state index contributed by atoms with van der Waals surface area (Å²) in [5.74, 6) is 2.47. The number of rotatable bonds is 4. The summed E-state index contributed by atoms with van der Waals surface area (Å²) in [5, 5.41) is 3.11. The second-order valence-corrected chi connectivity index (χ2v) is 5.07. The number of benzene rings is 1. The van der Waals surface area contributed by atoms with E-state index in [2.05, 4.69) is 46.5 Å². The Labute approximate surface area is 114 Å². The first-order valence-corrected chi connectivity index (χ1v) is 6.96. The van der Waals surface area contributed by atoms with E-state index in [1.807, 2.05) is 13.1 Å². The highest BCUT2D eigenvalue weighted by atomic mass is 15.0. The Morgan fingerprint density at radius 1 is 1.21 bits per heavy atom. The third-order valence-corrected chi connectivity index (χ3v) is 3.59. The Morgan fingerprint density at radius 2 is 2.05 bits per heavy atom. The molecule has 1 N–H and O–H groups in total. The van der Waals surface area contributed by atoms with Gasteiger partial charge in [-0.2, -0.15) is 0 Å². The molecule has 0 saturated heterocycles. The highest BCUT2D eigenvalue weighted by Crippen LogP contribution is 2.40. The van der Waals surface area contributed by atoms with Crippen LogP contribution in [0.2, 0.25) is 0 Å². The number of aromatic nitrogens is 2. The number of nitrogens with one attached hydrogen (secondary N) is 1. The molecule has 1 aliphatic carbocycles. The van der Waals surface area contributed by atoms with Crippen LogP contribution < -0.4 is 5.32 Å². The molecule has 0 bridgehead atoms. The van der Waals surface area contributed by atoms with E-state index in [0.717, 1.165) is 35.2 Å². The molecular formula is C16H19N3. The van der Waals surface area contributed by atoms with Gasteiger partial charge >= 0.3 is 0 Å². The predicted octanol–water partition coefficient (Wildman–Crippen LogP) is 3.63. The van der Waals surface area contributed by atoms with Crippen molar-refractivity contribution in [3.05, 3.63) is 41.6 Å². The number of nitrogens with zero attached hydrogens (tertiary/aromatic N) is 2. The van der Waals surface area contributed by atoms with Gasteiger partial charge in [0, 0.05) is 24.4 Å². The van der Waals surface area contributed by atoms with Gasteiger partial charge in [0.1, 0.15) is 5.82 Å². The third-order valence-electron chi connectivity index (χ3n) is 3.59. The van der Waals surface area contributed by atoms with Crippen LogP contribution in [0.1, 0.15) is 36.9 Å². The van der Waals surface area contributed by atoms with Crippen molar-refractivity contribution < 1.29 is 0 Å². The fourth-order valence-electron chi connectivity index (χ4n) is 2.28. The fraction of sp³-hybridized carbons (Fsp3) is 0.375. The average Bonchev–Trinajstić information content (AvgIpc) is 3.31. The van der Waals surface area contributed by atoms with Crippen molar-refractivity contribution >= 4 is 5.82 Å². The number of hydrogen-bond donors (Lipinski definition) is 1. The summed E-state index contributed by atoms with van der Waals surface area (Å²) in [6.45, 7) is 2.12. The Bertz CT molecular complexity index is 566. The summed E-state index contributed by atoms with van der Waals surface area (Å²) in [7, 11) is 1.90. The molecule has 19 heavy (non-hydrogen) atoms. The first-order chi connectivity index (χ1) is 9.30. The van der Waals surface area contributed by atoms with Crippen molar-refractivity contribution in [3.63, 3.8) is 0 Å². The zero-order valence-electron chi connectivity index (χ0n) is 11.5. The minimum Gasteiger partial charge on any atom is -0.373 e. The molecule has 0 aliphatic heterocycles. The Kier molecular flexibility index (Phi) is 3.20. The maximum Gasteiger partial charge on any atom is 0.161 e. The molecule has 1 aromatic carbocycles. The molecule has 1 aliphatic rings. The van der Waals surface area contributed by atoms with Gasteiger partial charge in [0.25, 0.3) is 0 Å². The summed E-state index contributed by atoms with van der Waals surface area (Å²) in [5.41, 5.74) is 3.62. The minimum absolute atomic E-state index is 0.762. The van der Waals surface area contributed by atoms with E-state index in [9.17, 15) is 0 Å². The molecule has 1 aromatic heterocycles. The van der Waals surface area contributed by atoms with Crippen molar-refractivity contribution in [1.29, 1.82) is 0 Å². The monoisotopic (exact) mass is 253 g/mol. The molecule has 98 valence electrons. The van der Waals surface area contributed by atoms with Crippen molar-refractivity contribution in [3.8, 4) is 11.4 Å². The zero-order chi connectivity index (χ0) is 13.2. The predicted molar refractivity (Wildman–Crippen MR) is 78.4 cm³/mol. The summed E-state index contributed by atoms with van der Waals surface area (Å²) >= 11 is 0. The van der Waals surface area contributed by atoms with Gasteiger partial charge < -0.3 is 5.32 Å². The third kappa shape index (κ3) is 2.60. The average molecular weight is 253 g/mol. The largest absolute Gasteiger partial charge is 0.373 e. The SMILES string of the molecule is CCc1cc(NC)nc(-c2cccc(C3CC3)c2)n1. The lowest BCUT2D eigenvalue weighted by atomic mass is 10.1. The maximum absolute atomic E-state index is 4.64. The van der Waals surface area contributed by atoms with E-state index >= 15 is 0 Å². The molecule has 2 aromatic rings. The molecular weight excluding hydrogens is 234 g/mol. The van der Waals surface area contributed by atoms with Crippen LogP contribution in [0.15, 0.2) is 30.3 Å². The van der Waals surface area contributed by atoms with Gasteiger partial charge in [-0.25, -0.2) is 9.97 Å². The molecule has 3 heteroatoms. The van der Waals surface area contributed by atoms with Crippen molar-refractivity contribution in [2.45, 2.75) is 32.1 Å². The Hall–Kier alpha value is -1.90.